The lowest BCUT2D eigenvalue weighted by Crippen LogP contribution is -2.53. The quantitative estimate of drug-likeness (QED) is 0.768. The van der Waals surface area contributed by atoms with Gasteiger partial charge in [-0.3, -0.25) is 0 Å². The molecule has 0 spiro atoms. The maximum atomic E-state index is 6.07. The molecule has 1 N–H and O–H groups in total. The van der Waals surface area contributed by atoms with E-state index < -0.39 is 0 Å². The van der Waals surface area contributed by atoms with Gasteiger partial charge in [0.05, 0.1) is 18.1 Å². The zero-order valence-electron chi connectivity index (χ0n) is 13.0. The van der Waals surface area contributed by atoms with E-state index in [0.717, 1.165) is 19.4 Å². The minimum absolute atomic E-state index is 0.0110. The van der Waals surface area contributed by atoms with Gasteiger partial charge < -0.3 is 14.5 Å². The predicted octanol–water partition coefficient (Wildman–Crippen LogP) is 3.93. The van der Waals surface area contributed by atoms with Gasteiger partial charge in [-0.25, -0.2) is 0 Å². The Labute approximate surface area is 123 Å². The highest BCUT2D eigenvalue weighted by Gasteiger charge is 2.38. The summed E-state index contributed by atoms with van der Waals surface area (Å²) in [5.74, 6) is 0. The highest BCUT2D eigenvalue weighted by molar-refractivity contribution is 5.11. The summed E-state index contributed by atoms with van der Waals surface area (Å²) in [6.07, 6.45) is 13.4. The number of nitrogens with one attached hydrogen (secondary N) is 1. The van der Waals surface area contributed by atoms with Crippen LogP contribution >= 0.6 is 0 Å². The number of ether oxygens (including phenoxy) is 1. The third kappa shape index (κ3) is 3.86. The van der Waals surface area contributed by atoms with E-state index in [9.17, 15) is 0 Å². The smallest absolute Gasteiger partial charge is 0.0935 e. The van der Waals surface area contributed by atoms with Crippen molar-refractivity contribution in [1.29, 1.82) is 0 Å². The fraction of sp³-hybridized carbons (Fsp3) is 0.765. The standard InChI is InChI=1S/C17H29NO2/c1-3-11-18-16(13-15-8-12-20-14-15)17(19-2)9-6-4-5-7-10-17/h8,12,14,16,18H,3-7,9-11,13H2,1-2H3. The van der Waals surface area contributed by atoms with Crippen LogP contribution in [0.5, 0.6) is 0 Å². The minimum Gasteiger partial charge on any atom is -0.472 e. The van der Waals surface area contributed by atoms with Crippen molar-refractivity contribution in [1.82, 2.24) is 5.32 Å². The van der Waals surface area contributed by atoms with Crippen molar-refractivity contribution >= 4 is 0 Å². The van der Waals surface area contributed by atoms with Crippen LogP contribution in [0.4, 0.5) is 0 Å². The number of hydrogen-bond donors (Lipinski definition) is 1. The van der Waals surface area contributed by atoms with Gasteiger partial charge in [-0.15, -0.1) is 0 Å². The van der Waals surface area contributed by atoms with Crippen LogP contribution < -0.4 is 5.32 Å². The van der Waals surface area contributed by atoms with Gasteiger partial charge in [0.15, 0.2) is 0 Å². The molecule has 0 amide bonds. The summed E-state index contributed by atoms with van der Waals surface area (Å²) in [5.41, 5.74) is 1.25. The molecule has 1 heterocycles. The topological polar surface area (TPSA) is 34.4 Å². The van der Waals surface area contributed by atoms with Crippen LogP contribution in [0.1, 0.15) is 57.4 Å². The monoisotopic (exact) mass is 279 g/mol. The second kappa shape index (κ2) is 7.84. The Balaban J connectivity index is 2.12. The van der Waals surface area contributed by atoms with Crippen molar-refractivity contribution in [3.8, 4) is 0 Å². The fourth-order valence-electron chi connectivity index (χ4n) is 3.43. The van der Waals surface area contributed by atoms with Gasteiger partial charge >= 0.3 is 0 Å². The van der Waals surface area contributed by atoms with Crippen LogP contribution in [-0.4, -0.2) is 25.3 Å². The molecule has 1 saturated carbocycles. The van der Waals surface area contributed by atoms with E-state index in [1.807, 2.05) is 13.4 Å². The first-order chi connectivity index (χ1) is 9.80. The summed E-state index contributed by atoms with van der Waals surface area (Å²) in [6, 6.07) is 2.45. The molecule has 1 fully saturated rings. The van der Waals surface area contributed by atoms with Crippen molar-refractivity contribution in [3.63, 3.8) is 0 Å². The van der Waals surface area contributed by atoms with Crippen LogP contribution in [0.15, 0.2) is 23.0 Å². The Morgan fingerprint density at radius 1 is 1.30 bits per heavy atom. The minimum atomic E-state index is -0.0110. The van der Waals surface area contributed by atoms with Crippen molar-refractivity contribution < 1.29 is 9.15 Å². The predicted molar refractivity (Wildman–Crippen MR) is 81.9 cm³/mol. The normalized spacial score (nSPS) is 20.5. The Morgan fingerprint density at radius 2 is 2.05 bits per heavy atom. The van der Waals surface area contributed by atoms with Crippen molar-refractivity contribution in [2.24, 2.45) is 0 Å². The lowest BCUT2D eigenvalue weighted by Gasteiger charge is -2.40. The average molecular weight is 279 g/mol. The van der Waals surface area contributed by atoms with Crippen molar-refractivity contribution in [2.45, 2.75) is 69.9 Å². The molecule has 0 saturated heterocycles. The van der Waals surface area contributed by atoms with Crippen LogP contribution in [0.2, 0.25) is 0 Å². The lowest BCUT2D eigenvalue weighted by molar-refractivity contribution is -0.0526. The van der Waals surface area contributed by atoms with Crippen LogP contribution in [0.3, 0.4) is 0 Å². The van der Waals surface area contributed by atoms with Crippen LogP contribution in [-0.2, 0) is 11.2 Å². The number of methoxy groups -OCH3 is 1. The molecule has 0 aliphatic heterocycles. The summed E-state index contributed by atoms with van der Waals surface area (Å²) in [4.78, 5) is 0. The molecule has 1 aromatic heterocycles. The first-order valence-electron chi connectivity index (χ1n) is 8.10. The average Bonchev–Trinajstić information content (AvgIpc) is 2.86. The van der Waals surface area contributed by atoms with Gasteiger partial charge in [0.2, 0.25) is 0 Å². The molecule has 1 aromatic rings. The largest absolute Gasteiger partial charge is 0.472 e. The van der Waals surface area contributed by atoms with Crippen molar-refractivity contribution in [2.75, 3.05) is 13.7 Å². The molecular weight excluding hydrogens is 250 g/mol. The van der Waals surface area contributed by atoms with Gasteiger partial charge in [0.1, 0.15) is 0 Å². The molecule has 3 nitrogen and oxygen atoms in total. The first kappa shape index (κ1) is 15.6. The Morgan fingerprint density at radius 3 is 2.60 bits per heavy atom. The Bertz CT molecular complexity index is 353. The maximum Gasteiger partial charge on any atom is 0.0935 e. The van der Waals surface area contributed by atoms with Crippen LogP contribution in [0, 0.1) is 0 Å². The third-order valence-electron chi connectivity index (χ3n) is 4.65. The molecule has 114 valence electrons. The SMILES string of the molecule is CCCNC(Cc1ccoc1)C1(OC)CCCCCC1. The summed E-state index contributed by atoms with van der Waals surface area (Å²) in [6.45, 7) is 3.27. The second-order valence-corrected chi connectivity index (χ2v) is 6.03. The molecule has 20 heavy (non-hydrogen) atoms. The Hall–Kier alpha value is -0.800. The molecule has 1 aliphatic carbocycles. The molecule has 1 aliphatic rings. The van der Waals surface area contributed by atoms with Gasteiger partial charge in [0, 0.05) is 13.2 Å². The van der Waals surface area contributed by atoms with Crippen molar-refractivity contribution in [3.05, 3.63) is 24.2 Å². The van der Waals surface area contributed by atoms with E-state index >= 15 is 0 Å². The van der Waals surface area contributed by atoms with Gasteiger partial charge in [0.25, 0.3) is 0 Å². The second-order valence-electron chi connectivity index (χ2n) is 6.03. The van der Waals surface area contributed by atoms with Crippen LogP contribution in [0.25, 0.3) is 0 Å². The number of rotatable bonds is 7. The highest BCUT2D eigenvalue weighted by Crippen LogP contribution is 2.34. The third-order valence-corrected chi connectivity index (χ3v) is 4.65. The summed E-state index contributed by atoms with van der Waals surface area (Å²) >= 11 is 0. The molecule has 0 aromatic carbocycles. The maximum absolute atomic E-state index is 6.07. The zero-order valence-corrected chi connectivity index (χ0v) is 13.0. The molecule has 1 unspecified atom stereocenters. The highest BCUT2D eigenvalue weighted by atomic mass is 16.5. The summed E-state index contributed by atoms with van der Waals surface area (Å²) in [7, 11) is 1.89. The van der Waals surface area contributed by atoms with E-state index in [0.29, 0.717) is 6.04 Å². The van der Waals surface area contributed by atoms with E-state index in [1.54, 1.807) is 6.26 Å². The fourth-order valence-corrected chi connectivity index (χ4v) is 3.43. The van der Waals surface area contributed by atoms with E-state index in [1.165, 1.54) is 44.1 Å². The number of hydrogen-bond acceptors (Lipinski definition) is 3. The van der Waals surface area contributed by atoms with Gasteiger partial charge in [-0.2, -0.15) is 0 Å². The molecule has 0 bridgehead atoms. The summed E-state index contributed by atoms with van der Waals surface area (Å²) < 4.78 is 11.3. The molecule has 3 heteroatoms. The number of furan rings is 1. The molecule has 1 atom stereocenters. The van der Waals surface area contributed by atoms with E-state index in [4.69, 9.17) is 9.15 Å². The van der Waals surface area contributed by atoms with Gasteiger partial charge in [-0.05, 0) is 43.9 Å². The zero-order chi connectivity index (χ0) is 14.3. The summed E-state index contributed by atoms with van der Waals surface area (Å²) in [5, 5.41) is 3.73. The molecular formula is C17H29NO2. The molecule has 0 radical (unpaired) electrons. The lowest BCUT2D eigenvalue weighted by atomic mass is 9.83. The van der Waals surface area contributed by atoms with Gasteiger partial charge in [-0.1, -0.05) is 32.6 Å². The Kier molecular flexibility index (Phi) is 6.11. The first-order valence-corrected chi connectivity index (χ1v) is 8.10. The molecule has 2 rings (SSSR count). The van der Waals surface area contributed by atoms with E-state index in [2.05, 4.69) is 18.3 Å². The van der Waals surface area contributed by atoms with E-state index in [-0.39, 0.29) is 5.60 Å².